The summed E-state index contributed by atoms with van der Waals surface area (Å²) in [5.41, 5.74) is 2.84. The Morgan fingerprint density at radius 3 is 2.36 bits per heavy atom. The number of morpholine rings is 1. The summed E-state index contributed by atoms with van der Waals surface area (Å²) in [6, 6.07) is 9.38. The van der Waals surface area contributed by atoms with Crippen LogP contribution < -0.4 is 15.5 Å². The van der Waals surface area contributed by atoms with Gasteiger partial charge in [-0.2, -0.15) is 0 Å². The van der Waals surface area contributed by atoms with E-state index in [0.717, 1.165) is 39.1 Å². The van der Waals surface area contributed by atoms with E-state index in [1.165, 1.54) is 11.3 Å². The van der Waals surface area contributed by atoms with Gasteiger partial charge in [-0.3, -0.25) is 4.79 Å². The lowest BCUT2D eigenvalue weighted by molar-refractivity contribution is -0.123. The molecule has 7 heteroatoms. The maximum atomic E-state index is 12.2. The maximum absolute atomic E-state index is 12.2. The zero-order valence-corrected chi connectivity index (χ0v) is 18.8. The average molecular weight is 432 g/mol. The first-order chi connectivity index (χ1) is 12.4. The number of hydrogen-bond acceptors (Lipinski definition) is 4. The lowest BCUT2D eigenvalue weighted by Crippen LogP contribution is -2.48. The van der Waals surface area contributed by atoms with Crippen molar-refractivity contribution in [2.45, 2.75) is 57.5 Å². The van der Waals surface area contributed by atoms with Crippen molar-refractivity contribution in [2.75, 3.05) is 37.7 Å². The van der Waals surface area contributed by atoms with Crippen LogP contribution in [0.4, 0.5) is 5.69 Å². The predicted molar refractivity (Wildman–Crippen MR) is 120 cm³/mol. The number of piperidine rings is 1. The normalized spacial score (nSPS) is 20.7. The molecule has 0 aromatic heterocycles. The Morgan fingerprint density at radius 1 is 1.18 bits per heavy atom. The van der Waals surface area contributed by atoms with Gasteiger partial charge in [0, 0.05) is 43.8 Å². The number of ether oxygens (including phenoxy) is 1. The molecule has 1 amide bonds. The molecular weight excluding hydrogens is 397 g/mol. The second-order valence-corrected chi connectivity index (χ2v) is 8.56. The van der Waals surface area contributed by atoms with Crippen LogP contribution in [0.25, 0.3) is 0 Å². The molecule has 160 valence electrons. The van der Waals surface area contributed by atoms with Gasteiger partial charge in [-0.05, 0) is 36.0 Å². The van der Waals surface area contributed by atoms with Crippen molar-refractivity contribution in [3.8, 4) is 0 Å². The number of rotatable bonds is 4. The molecule has 2 N–H and O–H groups in total. The van der Waals surface area contributed by atoms with Crippen LogP contribution in [-0.2, 0) is 14.9 Å². The van der Waals surface area contributed by atoms with E-state index in [0.29, 0.717) is 13.0 Å². The molecule has 1 aromatic rings. The standard InChI is InChI=1S/C21H33N3O2.2ClH/c1-21(2,3)16-4-6-19(7-5-16)24-11-8-17(9-12-24)23-20(25)14-18-15-26-13-10-22-18;;/h4-7,17-18,22H,8-15H2,1-3H3,(H,23,25);2*1H. The van der Waals surface area contributed by atoms with Crippen LogP contribution in [0.5, 0.6) is 0 Å². The Morgan fingerprint density at radius 2 is 1.82 bits per heavy atom. The molecule has 2 saturated heterocycles. The van der Waals surface area contributed by atoms with Crippen LogP contribution in [0.3, 0.4) is 0 Å². The summed E-state index contributed by atoms with van der Waals surface area (Å²) in [6.07, 6.45) is 2.51. The van der Waals surface area contributed by atoms with Crippen LogP contribution in [-0.4, -0.2) is 50.8 Å². The van der Waals surface area contributed by atoms with Crippen molar-refractivity contribution < 1.29 is 9.53 Å². The molecule has 0 bridgehead atoms. The molecule has 0 saturated carbocycles. The number of carbonyl (C=O) groups is 1. The van der Waals surface area contributed by atoms with E-state index in [4.69, 9.17) is 4.74 Å². The molecule has 1 aromatic carbocycles. The highest BCUT2D eigenvalue weighted by molar-refractivity contribution is 5.85. The van der Waals surface area contributed by atoms with Crippen molar-refractivity contribution in [3.05, 3.63) is 29.8 Å². The molecule has 0 spiro atoms. The van der Waals surface area contributed by atoms with E-state index in [1.807, 2.05) is 0 Å². The third-order valence-electron chi connectivity index (χ3n) is 5.39. The smallest absolute Gasteiger partial charge is 0.221 e. The summed E-state index contributed by atoms with van der Waals surface area (Å²) in [5.74, 6) is 0.140. The molecule has 1 unspecified atom stereocenters. The van der Waals surface area contributed by atoms with Gasteiger partial charge in [0.2, 0.25) is 5.91 Å². The topological polar surface area (TPSA) is 53.6 Å². The summed E-state index contributed by atoms with van der Waals surface area (Å²) >= 11 is 0. The highest BCUT2D eigenvalue weighted by Crippen LogP contribution is 2.26. The van der Waals surface area contributed by atoms with Crippen molar-refractivity contribution >= 4 is 36.4 Å². The second-order valence-electron chi connectivity index (χ2n) is 8.56. The number of amides is 1. The minimum Gasteiger partial charge on any atom is -0.378 e. The molecule has 2 aliphatic heterocycles. The molecule has 2 aliphatic rings. The van der Waals surface area contributed by atoms with Crippen molar-refractivity contribution in [1.82, 2.24) is 10.6 Å². The number of nitrogens with zero attached hydrogens (tertiary/aromatic N) is 1. The van der Waals surface area contributed by atoms with E-state index in [-0.39, 0.29) is 48.2 Å². The van der Waals surface area contributed by atoms with Gasteiger partial charge < -0.3 is 20.3 Å². The molecule has 0 radical (unpaired) electrons. The first-order valence-electron chi connectivity index (χ1n) is 9.88. The third kappa shape index (κ3) is 7.11. The third-order valence-corrected chi connectivity index (χ3v) is 5.39. The van der Waals surface area contributed by atoms with Gasteiger partial charge in [0.25, 0.3) is 0 Å². The Hall–Kier alpha value is -1.01. The molecule has 3 rings (SSSR count). The summed E-state index contributed by atoms with van der Waals surface area (Å²) in [5, 5.41) is 6.54. The summed E-state index contributed by atoms with van der Waals surface area (Å²) in [7, 11) is 0. The van der Waals surface area contributed by atoms with E-state index in [9.17, 15) is 4.79 Å². The average Bonchev–Trinajstić information content (AvgIpc) is 2.62. The van der Waals surface area contributed by atoms with E-state index in [1.54, 1.807) is 0 Å². The number of anilines is 1. The van der Waals surface area contributed by atoms with Gasteiger partial charge in [0.05, 0.1) is 13.2 Å². The van der Waals surface area contributed by atoms with Gasteiger partial charge in [-0.15, -0.1) is 24.8 Å². The van der Waals surface area contributed by atoms with Crippen LogP contribution >= 0.6 is 24.8 Å². The Labute approximate surface area is 181 Å². The molecular formula is C21H35Cl2N3O2. The number of nitrogens with one attached hydrogen (secondary N) is 2. The molecule has 5 nitrogen and oxygen atoms in total. The van der Waals surface area contributed by atoms with Gasteiger partial charge in [0.15, 0.2) is 0 Å². The zero-order valence-electron chi connectivity index (χ0n) is 17.2. The summed E-state index contributed by atoms with van der Waals surface area (Å²) < 4.78 is 5.42. The molecule has 2 fully saturated rings. The van der Waals surface area contributed by atoms with Gasteiger partial charge >= 0.3 is 0 Å². The lowest BCUT2D eigenvalue weighted by atomic mass is 9.87. The largest absolute Gasteiger partial charge is 0.378 e. The molecule has 0 aliphatic carbocycles. The number of hydrogen-bond donors (Lipinski definition) is 2. The van der Waals surface area contributed by atoms with Crippen LogP contribution in [0.2, 0.25) is 0 Å². The predicted octanol–water partition coefficient (Wildman–Crippen LogP) is 3.29. The number of carbonyl (C=O) groups excluding carboxylic acids is 1. The minimum absolute atomic E-state index is 0. The number of halogens is 2. The van der Waals surface area contributed by atoms with Crippen LogP contribution in [0.1, 0.15) is 45.6 Å². The minimum atomic E-state index is 0. The second kappa shape index (κ2) is 11.2. The highest BCUT2D eigenvalue weighted by atomic mass is 35.5. The molecule has 2 heterocycles. The van der Waals surface area contributed by atoms with Gasteiger partial charge in [-0.1, -0.05) is 32.9 Å². The van der Waals surface area contributed by atoms with Crippen LogP contribution in [0.15, 0.2) is 24.3 Å². The van der Waals surface area contributed by atoms with E-state index < -0.39 is 0 Å². The Bertz CT molecular complexity index is 591. The zero-order chi connectivity index (χ0) is 18.6. The number of benzene rings is 1. The highest BCUT2D eigenvalue weighted by Gasteiger charge is 2.23. The van der Waals surface area contributed by atoms with Gasteiger partial charge in [0.1, 0.15) is 0 Å². The summed E-state index contributed by atoms with van der Waals surface area (Å²) in [4.78, 5) is 14.7. The van der Waals surface area contributed by atoms with Gasteiger partial charge in [-0.25, -0.2) is 0 Å². The van der Waals surface area contributed by atoms with E-state index >= 15 is 0 Å². The van der Waals surface area contributed by atoms with Crippen molar-refractivity contribution in [2.24, 2.45) is 0 Å². The van der Waals surface area contributed by atoms with Crippen molar-refractivity contribution in [1.29, 1.82) is 0 Å². The molecule has 1 atom stereocenters. The SMILES string of the molecule is CC(C)(C)c1ccc(N2CCC(NC(=O)CC3COCCN3)CC2)cc1.Cl.Cl. The fourth-order valence-electron chi connectivity index (χ4n) is 3.72. The fourth-order valence-corrected chi connectivity index (χ4v) is 3.72. The lowest BCUT2D eigenvalue weighted by Gasteiger charge is -2.34. The maximum Gasteiger partial charge on any atom is 0.221 e. The van der Waals surface area contributed by atoms with Crippen LogP contribution in [0, 0.1) is 0 Å². The first kappa shape index (κ1) is 25.0. The Balaban J connectivity index is 0.00000196. The fraction of sp³-hybridized carbons (Fsp3) is 0.667. The quantitative estimate of drug-likeness (QED) is 0.767. The first-order valence-corrected chi connectivity index (χ1v) is 9.88. The summed E-state index contributed by atoms with van der Waals surface area (Å²) in [6.45, 7) is 10.9. The Kier molecular flexibility index (Phi) is 10.1. The molecule has 28 heavy (non-hydrogen) atoms. The van der Waals surface area contributed by atoms with Crippen molar-refractivity contribution in [3.63, 3.8) is 0 Å². The van der Waals surface area contributed by atoms with E-state index in [2.05, 4.69) is 60.6 Å². The monoisotopic (exact) mass is 431 g/mol.